The van der Waals surface area contributed by atoms with Crippen molar-refractivity contribution in [3.8, 4) is 34.6 Å². The van der Waals surface area contributed by atoms with E-state index in [1.807, 2.05) is 22.9 Å². The fourth-order valence-corrected chi connectivity index (χ4v) is 5.18. The Balaban J connectivity index is 1.09. The van der Waals surface area contributed by atoms with Gasteiger partial charge in [-0.25, -0.2) is 15.0 Å². The first-order valence-electron chi connectivity index (χ1n) is 12.2. The van der Waals surface area contributed by atoms with Crippen LogP contribution in [-0.2, 0) is 6.54 Å². The molecule has 2 unspecified atom stereocenters. The van der Waals surface area contributed by atoms with E-state index in [1.165, 1.54) is 0 Å². The van der Waals surface area contributed by atoms with Crippen LogP contribution < -0.4 is 15.4 Å². The summed E-state index contributed by atoms with van der Waals surface area (Å²) in [4.78, 5) is 15.3. The number of anilines is 2. The van der Waals surface area contributed by atoms with Crippen molar-refractivity contribution in [1.82, 2.24) is 29.7 Å². The first-order chi connectivity index (χ1) is 18.1. The van der Waals surface area contributed by atoms with Crippen LogP contribution in [0.25, 0.3) is 11.3 Å². The Bertz CT molecular complexity index is 1450. The topological polar surface area (TPSA) is 128 Å². The van der Waals surface area contributed by atoms with E-state index >= 15 is 0 Å². The van der Waals surface area contributed by atoms with Gasteiger partial charge in [-0.3, -0.25) is 0 Å². The predicted octanol–water partition coefficient (Wildman–Crippen LogP) is 2.76. The van der Waals surface area contributed by atoms with Crippen LogP contribution in [-0.4, -0.2) is 54.0 Å². The molecule has 4 heterocycles. The molecule has 1 aromatic carbocycles. The lowest BCUT2D eigenvalue weighted by Crippen LogP contribution is -2.25. The van der Waals surface area contributed by atoms with E-state index in [-0.39, 0.29) is 17.7 Å². The zero-order valence-corrected chi connectivity index (χ0v) is 20.1. The van der Waals surface area contributed by atoms with Crippen molar-refractivity contribution in [3.05, 3.63) is 67.1 Å². The summed E-state index contributed by atoms with van der Waals surface area (Å²) in [5.74, 6) is 9.48. The first kappa shape index (κ1) is 22.8. The number of phenolic OH excluding ortho intramolecular Hbond substituents is 1. The summed E-state index contributed by atoms with van der Waals surface area (Å²) in [6, 6.07) is 10.7. The van der Waals surface area contributed by atoms with E-state index in [0.29, 0.717) is 41.2 Å². The Hall–Kier alpha value is -4.65. The van der Waals surface area contributed by atoms with Gasteiger partial charge in [0.05, 0.1) is 19.0 Å². The molecule has 1 saturated carbocycles. The highest BCUT2D eigenvalue weighted by Crippen LogP contribution is 2.42. The maximum Gasteiger partial charge on any atom is 0.206 e. The molecule has 10 heteroatoms. The molecule has 0 amide bonds. The van der Waals surface area contributed by atoms with Crippen LogP contribution in [0.1, 0.15) is 18.7 Å². The van der Waals surface area contributed by atoms with Crippen LogP contribution in [0.5, 0.6) is 11.5 Å². The van der Waals surface area contributed by atoms with Crippen molar-refractivity contribution in [2.24, 2.45) is 11.8 Å². The molecule has 4 aromatic rings. The molecule has 6 rings (SSSR count). The highest BCUT2D eigenvalue weighted by atomic mass is 16.5. The zero-order chi connectivity index (χ0) is 25.2. The monoisotopic (exact) mass is 494 g/mol. The van der Waals surface area contributed by atoms with Crippen molar-refractivity contribution in [2.75, 3.05) is 23.7 Å². The molecule has 2 fully saturated rings. The van der Waals surface area contributed by atoms with Gasteiger partial charge in [-0.05, 0) is 48.8 Å². The largest absolute Gasteiger partial charge is 0.507 e. The van der Waals surface area contributed by atoms with Gasteiger partial charge in [0.25, 0.3) is 0 Å². The summed E-state index contributed by atoms with van der Waals surface area (Å²) < 4.78 is 8.20. The minimum absolute atomic E-state index is 0.0517. The van der Waals surface area contributed by atoms with Crippen molar-refractivity contribution in [2.45, 2.75) is 25.5 Å². The number of hydrogen-bond acceptors (Lipinski definition) is 9. The van der Waals surface area contributed by atoms with Gasteiger partial charge < -0.3 is 25.0 Å². The van der Waals surface area contributed by atoms with Crippen LogP contribution in [0, 0.1) is 23.7 Å². The predicted molar refractivity (Wildman–Crippen MR) is 138 cm³/mol. The smallest absolute Gasteiger partial charge is 0.206 e. The van der Waals surface area contributed by atoms with Crippen LogP contribution in [0.2, 0.25) is 0 Å². The summed E-state index contributed by atoms with van der Waals surface area (Å²) in [6.45, 7) is 2.38. The second kappa shape index (κ2) is 9.78. The van der Waals surface area contributed by atoms with Crippen molar-refractivity contribution >= 4 is 11.6 Å². The van der Waals surface area contributed by atoms with Gasteiger partial charge >= 0.3 is 0 Å². The lowest BCUT2D eigenvalue weighted by atomic mass is 10.0. The second-order valence-corrected chi connectivity index (χ2v) is 9.41. The van der Waals surface area contributed by atoms with E-state index in [9.17, 15) is 5.11 Å². The summed E-state index contributed by atoms with van der Waals surface area (Å²) in [7, 11) is 0. The number of nitrogens with zero attached hydrogens (tertiary/aromatic N) is 7. The van der Waals surface area contributed by atoms with E-state index < -0.39 is 0 Å². The molecule has 2 atom stereocenters. The number of ether oxygens (including phenoxy) is 1. The molecular formula is C27H26N8O2. The number of aromatic hydroxyl groups is 1. The number of phenols is 1. The lowest BCUT2D eigenvalue weighted by Gasteiger charge is -2.21. The number of nitrogen functional groups attached to an aromatic ring is 1. The first-order valence-corrected chi connectivity index (χ1v) is 12.2. The Kier molecular flexibility index (Phi) is 6.02. The van der Waals surface area contributed by atoms with E-state index in [2.05, 4.69) is 41.9 Å². The molecule has 1 aliphatic heterocycles. The normalized spacial score (nSPS) is 20.3. The van der Waals surface area contributed by atoms with Gasteiger partial charge in [0.1, 0.15) is 17.3 Å². The molecule has 10 nitrogen and oxygen atoms in total. The van der Waals surface area contributed by atoms with Gasteiger partial charge in [-0.15, -0.1) is 10.2 Å². The third-order valence-corrected chi connectivity index (χ3v) is 6.95. The number of para-hydroxylation sites is 1. The number of nitrogens with two attached hydrogens (primary N) is 1. The maximum atomic E-state index is 10.2. The number of benzene rings is 1. The van der Waals surface area contributed by atoms with Gasteiger partial charge in [-0.2, -0.15) is 0 Å². The quantitative estimate of drug-likeness (QED) is 0.403. The van der Waals surface area contributed by atoms with E-state index in [4.69, 9.17) is 10.5 Å². The van der Waals surface area contributed by atoms with Crippen LogP contribution in [0.4, 0.5) is 11.6 Å². The zero-order valence-electron chi connectivity index (χ0n) is 20.1. The lowest BCUT2D eigenvalue weighted by molar-refractivity contribution is 0.201. The third-order valence-electron chi connectivity index (χ3n) is 6.95. The number of fused-ring (bicyclic) bond motifs is 1. The number of aromatic nitrogens is 6. The molecule has 186 valence electrons. The summed E-state index contributed by atoms with van der Waals surface area (Å²) in [5, 5.41) is 18.4. The Morgan fingerprint density at radius 2 is 1.92 bits per heavy atom. The summed E-state index contributed by atoms with van der Waals surface area (Å²) in [6.07, 6.45) is 9.02. The molecule has 1 saturated heterocycles. The minimum Gasteiger partial charge on any atom is -0.507 e. The molecule has 0 bridgehead atoms. The Morgan fingerprint density at radius 3 is 2.70 bits per heavy atom. The molecular weight excluding hydrogens is 468 g/mol. The van der Waals surface area contributed by atoms with E-state index in [0.717, 1.165) is 31.7 Å². The summed E-state index contributed by atoms with van der Waals surface area (Å²) >= 11 is 0. The van der Waals surface area contributed by atoms with Crippen LogP contribution in [0.15, 0.2) is 61.3 Å². The third kappa shape index (κ3) is 4.89. The van der Waals surface area contributed by atoms with Crippen LogP contribution in [0.3, 0.4) is 0 Å². The molecule has 2 aliphatic rings. The molecule has 0 spiro atoms. The average Bonchev–Trinajstić information content (AvgIpc) is 3.64. The summed E-state index contributed by atoms with van der Waals surface area (Å²) in [5.41, 5.74) is 7.19. The van der Waals surface area contributed by atoms with E-state index in [1.54, 1.807) is 43.0 Å². The van der Waals surface area contributed by atoms with Gasteiger partial charge in [0.15, 0.2) is 11.6 Å². The fourth-order valence-electron chi connectivity index (χ4n) is 5.18. The van der Waals surface area contributed by atoms with Crippen molar-refractivity contribution in [3.63, 3.8) is 0 Å². The van der Waals surface area contributed by atoms with Crippen molar-refractivity contribution in [1.29, 1.82) is 0 Å². The Labute approximate surface area is 214 Å². The second-order valence-electron chi connectivity index (χ2n) is 9.41. The highest BCUT2D eigenvalue weighted by molar-refractivity contribution is 5.68. The number of imidazole rings is 1. The standard InChI is InChI=1S/C27H26N8O2/c28-27-24(14-22(32-33-27)21-4-1-2-5-23(21)36)37-20-12-18-15-35(16-19(18)13-20)26-7-8-30-25(31-26)6-3-10-34-11-9-29-17-34/h1-2,4-5,7-9,11,14,17-20,36H,10,12-13,15-16H2,(H2,28,33). The molecule has 3 N–H and O–H groups in total. The fraction of sp³-hybridized carbons (Fsp3) is 0.296. The van der Waals surface area contributed by atoms with Gasteiger partial charge in [-0.1, -0.05) is 18.1 Å². The molecule has 3 aromatic heterocycles. The average molecular weight is 495 g/mol. The maximum absolute atomic E-state index is 10.2. The number of hydrogen-bond donors (Lipinski definition) is 2. The van der Waals surface area contributed by atoms with Gasteiger partial charge in [0, 0.05) is 43.3 Å². The Morgan fingerprint density at radius 1 is 1.08 bits per heavy atom. The highest BCUT2D eigenvalue weighted by Gasteiger charge is 2.42. The van der Waals surface area contributed by atoms with Gasteiger partial charge in [0.2, 0.25) is 5.82 Å². The molecule has 37 heavy (non-hydrogen) atoms. The molecule has 0 radical (unpaired) electrons. The van der Waals surface area contributed by atoms with Crippen molar-refractivity contribution < 1.29 is 9.84 Å². The SMILES string of the molecule is Nc1nnc(-c2ccccc2O)cc1OC1CC2CN(c3ccnc(C#CCn4ccnc4)n3)CC2C1. The number of rotatable bonds is 5. The minimum atomic E-state index is 0.0517. The molecule has 1 aliphatic carbocycles. The van der Waals surface area contributed by atoms with Crippen LogP contribution >= 0.6 is 0 Å².